The first-order valence-electron chi connectivity index (χ1n) is 8.28. The van der Waals surface area contributed by atoms with Crippen LogP contribution in [0.2, 0.25) is 0 Å². The smallest absolute Gasteiger partial charge is 0.272 e. The molecule has 25 heavy (non-hydrogen) atoms. The van der Waals surface area contributed by atoms with Gasteiger partial charge in [0.1, 0.15) is 0 Å². The predicted octanol–water partition coefficient (Wildman–Crippen LogP) is 2.94. The van der Waals surface area contributed by atoms with Crippen molar-refractivity contribution in [3.8, 4) is 0 Å². The number of carbonyl (C=O) groups excluding carboxylic acids is 2. The van der Waals surface area contributed by atoms with Crippen LogP contribution in [0.3, 0.4) is 0 Å². The van der Waals surface area contributed by atoms with Crippen molar-refractivity contribution in [1.29, 1.82) is 0 Å². The van der Waals surface area contributed by atoms with Gasteiger partial charge in [-0.3, -0.25) is 14.7 Å². The van der Waals surface area contributed by atoms with Gasteiger partial charge in [-0.25, -0.2) is 0 Å². The Bertz CT molecular complexity index is 976. The van der Waals surface area contributed by atoms with Crippen LogP contribution in [-0.4, -0.2) is 22.0 Å². The molecule has 2 aromatic carbocycles. The maximum absolute atomic E-state index is 12.6. The molecule has 0 fully saturated rings. The molecule has 1 aliphatic rings. The number of H-pyrrole nitrogens is 1. The molecule has 126 valence electrons. The van der Waals surface area contributed by atoms with E-state index in [4.69, 9.17) is 0 Å². The number of anilines is 1. The van der Waals surface area contributed by atoms with E-state index in [1.807, 2.05) is 49.4 Å². The van der Waals surface area contributed by atoms with Gasteiger partial charge in [0.05, 0.1) is 11.6 Å². The average Bonchev–Trinajstić information content (AvgIpc) is 3.05. The van der Waals surface area contributed by atoms with E-state index in [0.29, 0.717) is 12.1 Å². The number of nitrogens with zero attached hydrogens (tertiary/aromatic N) is 1. The van der Waals surface area contributed by atoms with E-state index in [1.165, 1.54) is 0 Å². The van der Waals surface area contributed by atoms with E-state index in [2.05, 4.69) is 20.8 Å². The van der Waals surface area contributed by atoms with Crippen LogP contribution in [0.1, 0.15) is 41.0 Å². The van der Waals surface area contributed by atoms with E-state index >= 15 is 0 Å². The van der Waals surface area contributed by atoms with Gasteiger partial charge in [-0.1, -0.05) is 30.3 Å². The largest absolute Gasteiger partial charge is 0.344 e. The molecule has 2 heterocycles. The number of fused-ring (bicyclic) bond motifs is 2. The van der Waals surface area contributed by atoms with Gasteiger partial charge in [0.15, 0.2) is 5.69 Å². The lowest BCUT2D eigenvalue weighted by Gasteiger charge is -2.20. The van der Waals surface area contributed by atoms with Gasteiger partial charge in [-0.2, -0.15) is 5.10 Å². The summed E-state index contributed by atoms with van der Waals surface area (Å²) in [6.07, 6.45) is 1.22. The molecule has 3 N–H and O–H groups in total. The van der Waals surface area contributed by atoms with Crippen molar-refractivity contribution in [1.82, 2.24) is 15.5 Å². The number of hydrogen-bond acceptors (Lipinski definition) is 3. The third-order valence-electron chi connectivity index (χ3n) is 4.56. The van der Waals surface area contributed by atoms with E-state index in [-0.39, 0.29) is 17.9 Å². The number of aryl methyl sites for hydroxylation is 1. The number of aromatic nitrogens is 2. The monoisotopic (exact) mass is 334 g/mol. The third kappa shape index (κ3) is 2.87. The minimum Gasteiger partial charge on any atom is -0.344 e. The molecule has 2 amide bonds. The zero-order chi connectivity index (χ0) is 17.4. The van der Waals surface area contributed by atoms with Gasteiger partial charge in [0.2, 0.25) is 5.91 Å². The third-order valence-corrected chi connectivity index (χ3v) is 4.56. The topological polar surface area (TPSA) is 86.9 Å². The Kier molecular flexibility index (Phi) is 3.72. The number of para-hydroxylation sites is 1. The van der Waals surface area contributed by atoms with Gasteiger partial charge < -0.3 is 10.6 Å². The van der Waals surface area contributed by atoms with E-state index < -0.39 is 0 Å². The molecular weight excluding hydrogens is 316 g/mol. The molecule has 0 saturated heterocycles. The van der Waals surface area contributed by atoms with Gasteiger partial charge in [-0.15, -0.1) is 0 Å². The molecule has 3 aromatic rings. The second kappa shape index (κ2) is 6.05. The lowest BCUT2D eigenvalue weighted by molar-refractivity contribution is -0.116. The van der Waals surface area contributed by atoms with Gasteiger partial charge in [0, 0.05) is 17.5 Å². The Labute approximate surface area is 144 Å². The maximum Gasteiger partial charge on any atom is 0.272 e. The summed E-state index contributed by atoms with van der Waals surface area (Å²) in [4.78, 5) is 24.0. The molecule has 0 aliphatic carbocycles. The lowest BCUT2D eigenvalue weighted by atomic mass is 9.97. The van der Waals surface area contributed by atoms with E-state index in [0.717, 1.165) is 34.1 Å². The fourth-order valence-corrected chi connectivity index (χ4v) is 3.16. The SMILES string of the molecule is CC(NC(=O)c1n[nH]c2ccccc12)c1ccc2c(c1)CCC(=O)N2. The molecule has 0 radical (unpaired) electrons. The Morgan fingerprint density at radius 3 is 2.92 bits per heavy atom. The summed E-state index contributed by atoms with van der Waals surface area (Å²) >= 11 is 0. The summed E-state index contributed by atoms with van der Waals surface area (Å²) in [6.45, 7) is 1.94. The van der Waals surface area contributed by atoms with Crippen LogP contribution in [0.15, 0.2) is 42.5 Å². The molecule has 0 bridgehead atoms. The summed E-state index contributed by atoms with van der Waals surface area (Å²) in [5.74, 6) is -0.164. The highest BCUT2D eigenvalue weighted by atomic mass is 16.2. The quantitative estimate of drug-likeness (QED) is 0.688. The van der Waals surface area contributed by atoms with Crippen LogP contribution >= 0.6 is 0 Å². The lowest BCUT2D eigenvalue weighted by Crippen LogP contribution is -2.27. The number of hydrogen-bond donors (Lipinski definition) is 3. The Hall–Kier alpha value is -3.15. The first-order valence-corrected chi connectivity index (χ1v) is 8.28. The van der Waals surface area contributed by atoms with Crippen molar-refractivity contribution >= 4 is 28.4 Å². The van der Waals surface area contributed by atoms with Crippen LogP contribution in [0.25, 0.3) is 10.9 Å². The van der Waals surface area contributed by atoms with Crippen molar-refractivity contribution in [3.05, 3.63) is 59.3 Å². The standard InChI is InChI=1S/C19H18N4O2/c1-11(12-6-8-15-13(10-12)7-9-17(24)21-15)20-19(25)18-14-4-2-3-5-16(14)22-23-18/h2-6,8,10-11H,7,9H2,1H3,(H,20,25)(H,21,24)(H,22,23). The normalized spacial score (nSPS) is 14.7. The van der Waals surface area contributed by atoms with Crippen molar-refractivity contribution in [2.24, 2.45) is 0 Å². The average molecular weight is 334 g/mol. The first kappa shape index (κ1) is 15.4. The maximum atomic E-state index is 12.6. The highest BCUT2D eigenvalue weighted by molar-refractivity contribution is 6.04. The molecule has 6 nitrogen and oxygen atoms in total. The van der Waals surface area contributed by atoms with Crippen LogP contribution in [0, 0.1) is 0 Å². The summed E-state index contributed by atoms with van der Waals surface area (Å²) in [5, 5.41) is 13.7. The second-order valence-corrected chi connectivity index (χ2v) is 6.28. The minimum absolute atomic E-state index is 0.0482. The fraction of sp³-hybridized carbons (Fsp3) is 0.211. The van der Waals surface area contributed by atoms with Crippen LogP contribution < -0.4 is 10.6 Å². The zero-order valence-electron chi connectivity index (χ0n) is 13.8. The summed E-state index contributed by atoms with van der Waals surface area (Å²) < 4.78 is 0. The molecule has 4 rings (SSSR count). The Morgan fingerprint density at radius 1 is 1.20 bits per heavy atom. The Balaban J connectivity index is 1.54. The predicted molar refractivity (Wildman–Crippen MR) is 95.4 cm³/mol. The summed E-state index contributed by atoms with van der Waals surface area (Å²) in [7, 11) is 0. The molecule has 1 atom stereocenters. The number of aromatic amines is 1. The fourth-order valence-electron chi connectivity index (χ4n) is 3.16. The second-order valence-electron chi connectivity index (χ2n) is 6.28. The number of carbonyl (C=O) groups is 2. The van der Waals surface area contributed by atoms with Gasteiger partial charge >= 0.3 is 0 Å². The molecule has 1 aliphatic heterocycles. The van der Waals surface area contributed by atoms with Gasteiger partial charge in [-0.05, 0) is 36.6 Å². The molecule has 0 saturated carbocycles. The van der Waals surface area contributed by atoms with Crippen molar-refractivity contribution in [3.63, 3.8) is 0 Å². The highest BCUT2D eigenvalue weighted by Gasteiger charge is 2.19. The van der Waals surface area contributed by atoms with Crippen molar-refractivity contribution in [2.75, 3.05) is 5.32 Å². The first-order chi connectivity index (χ1) is 12.1. The van der Waals surface area contributed by atoms with Crippen LogP contribution in [0.5, 0.6) is 0 Å². The number of benzene rings is 2. The van der Waals surface area contributed by atoms with E-state index in [1.54, 1.807) is 0 Å². The van der Waals surface area contributed by atoms with Gasteiger partial charge in [0.25, 0.3) is 5.91 Å². The molecule has 6 heteroatoms. The number of amides is 2. The molecule has 1 unspecified atom stereocenters. The Morgan fingerprint density at radius 2 is 2.04 bits per heavy atom. The molecule has 0 spiro atoms. The summed E-state index contributed by atoms with van der Waals surface area (Å²) in [5.41, 5.74) is 4.20. The highest BCUT2D eigenvalue weighted by Crippen LogP contribution is 2.26. The van der Waals surface area contributed by atoms with Crippen molar-refractivity contribution < 1.29 is 9.59 Å². The zero-order valence-corrected chi connectivity index (χ0v) is 13.8. The molecule has 1 aromatic heterocycles. The molecular formula is C19H18N4O2. The van der Waals surface area contributed by atoms with Crippen LogP contribution in [0.4, 0.5) is 5.69 Å². The van der Waals surface area contributed by atoms with E-state index in [9.17, 15) is 9.59 Å². The summed E-state index contributed by atoms with van der Waals surface area (Å²) in [6, 6.07) is 13.3. The number of nitrogens with one attached hydrogen (secondary N) is 3. The number of rotatable bonds is 3. The van der Waals surface area contributed by atoms with Crippen LogP contribution in [-0.2, 0) is 11.2 Å². The van der Waals surface area contributed by atoms with Crippen molar-refractivity contribution in [2.45, 2.75) is 25.8 Å². The minimum atomic E-state index is -0.212.